The first-order chi connectivity index (χ1) is 32.8. The van der Waals surface area contributed by atoms with Gasteiger partial charge in [-0.05, 0) is 141 Å². The molecule has 2 atom stereocenters. The molecule has 0 aliphatic carbocycles. The molecule has 67 heavy (non-hydrogen) atoms. The first-order valence-electron chi connectivity index (χ1n) is 23.9. The van der Waals surface area contributed by atoms with Crippen LogP contribution in [0.15, 0.2) is 188 Å². The Hall–Kier alpha value is -6.17. The minimum atomic E-state index is -1.87. The molecule has 0 spiro atoms. The van der Waals surface area contributed by atoms with Gasteiger partial charge in [0, 0.05) is 29.8 Å². The SMILES string of the molecule is COc1nc2ccc(CCCCOC(=O)CCCCC[P+](c3ccccc3)(c3ccccc3)c3ccccc3)cc2cc1[C@@H](c1ccccc1)[C@@](O)(CCN(C)C)c1cccc2ccccc12. The Bertz CT molecular complexity index is 2720. The van der Waals surface area contributed by atoms with E-state index in [1.165, 1.54) is 21.5 Å². The molecule has 1 N–H and O–H groups in total. The third kappa shape index (κ3) is 11.0. The van der Waals surface area contributed by atoms with Crippen molar-refractivity contribution < 1.29 is 19.4 Å². The lowest BCUT2D eigenvalue weighted by Gasteiger charge is -2.39. The van der Waals surface area contributed by atoms with Crippen LogP contribution in [0.2, 0.25) is 0 Å². The number of pyridine rings is 1. The van der Waals surface area contributed by atoms with Gasteiger partial charge in [-0.1, -0.05) is 133 Å². The van der Waals surface area contributed by atoms with Crippen LogP contribution in [0.3, 0.4) is 0 Å². The third-order valence-corrected chi connectivity index (χ3v) is 17.8. The molecule has 7 aromatic carbocycles. The fourth-order valence-electron chi connectivity index (χ4n) is 9.91. The summed E-state index contributed by atoms with van der Waals surface area (Å²) in [4.78, 5) is 20.1. The van der Waals surface area contributed by atoms with E-state index < -0.39 is 18.8 Å². The summed E-state index contributed by atoms with van der Waals surface area (Å²) >= 11 is 0. The fraction of sp³-hybridized carbons (Fsp3) is 0.267. The average Bonchev–Trinajstić information content (AvgIpc) is 3.37. The van der Waals surface area contributed by atoms with Crippen molar-refractivity contribution in [2.24, 2.45) is 0 Å². The Balaban J connectivity index is 0.915. The predicted molar refractivity (Wildman–Crippen MR) is 280 cm³/mol. The van der Waals surface area contributed by atoms with E-state index in [0.29, 0.717) is 31.9 Å². The van der Waals surface area contributed by atoms with Crippen LogP contribution in [-0.2, 0) is 21.6 Å². The zero-order chi connectivity index (χ0) is 46.5. The molecule has 7 heteroatoms. The second-order valence-corrected chi connectivity index (χ2v) is 21.6. The van der Waals surface area contributed by atoms with Gasteiger partial charge in [0.25, 0.3) is 0 Å². The van der Waals surface area contributed by atoms with Gasteiger partial charge in [0.1, 0.15) is 28.8 Å². The zero-order valence-corrected chi connectivity index (χ0v) is 40.2. The van der Waals surface area contributed by atoms with Crippen molar-refractivity contribution in [2.45, 2.75) is 62.9 Å². The van der Waals surface area contributed by atoms with Crippen LogP contribution in [0.4, 0.5) is 0 Å². The molecule has 0 radical (unpaired) electrons. The normalized spacial score (nSPS) is 13.1. The van der Waals surface area contributed by atoms with Gasteiger partial charge in [-0.15, -0.1) is 0 Å². The number of hydrogen-bond acceptors (Lipinski definition) is 6. The highest BCUT2D eigenvalue weighted by molar-refractivity contribution is 7.95. The van der Waals surface area contributed by atoms with Gasteiger partial charge in [0.05, 0.1) is 25.4 Å². The molecule has 0 amide bonds. The lowest BCUT2D eigenvalue weighted by Crippen LogP contribution is -2.38. The topological polar surface area (TPSA) is 71.9 Å². The molecule has 0 aliphatic heterocycles. The predicted octanol–water partition coefficient (Wildman–Crippen LogP) is 11.8. The molecule has 0 unspecified atom stereocenters. The standard InChI is InChI=1S/C60H64N2O4P/c1-62(2)41-40-60(64,55-36-23-28-47-25-18-19-35-53(47)55)58(48-26-9-4-10-27-48)54-45-49-44-46(38-39-56(49)61-59(54)65-3)24-20-21-42-66-57(63)37-17-8-22-43-67(50-29-11-5-12-30-50,51-31-13-6-14-32-51)52-33-15-7-16-34-52/h4-7,9-16,18-19,23,25-36,38-39,44-45,58,64H,8,17,20-22,24,37,40-43H2,1-3H3/q+1/t58-,60-/m1/s1. The molecule has 8 aromatic rings. The summed E-state index contributed by atoms with van der Waals surface area (Å²) in [7, 11) is 3.88. The number of carbonyl (C=O) groups is 1. The van der Waals surface area contributed by atoms with Gasteiger partial charge >= 0.3 is 5.97 Å². The summed E-state index contributed by atoms with van der Waals surface area (Å²) in [6.07, 6.45) is 7.31. The van der Waals surface area contributed by atoms with E-state index in [2.05, 4.69) is 157 Å². The van der Waals surface area contributed by atoms with Crippen molar-refractivity contribution in [1.82, 2.24) is 9.88 Å². The Labute approximate surface area is 398 Å². The van der Waals surface area contributed by atoms with E-state index in [4.69, 9.17) is 14.5 Å². The molecule has 0 saturated heterocycles. The maximum atomic E-state index is 13.4. The summed E-state index contributed by atoms with van der Waals surface area (Å²) in [6.45, 7) is 1.09. The molecular weight excluding hydrogens is 844 g/mol. The van der Waals surface area contributed by atoms with Crippen LogP contribution in [0.5, 0.6) is 5.88 Å². The fourth-order valence-corrected chi connectivity index (χ4v) is 14.3. The summed E-state index contributed by atoms with van der Waals surface area (Å²) in [6, 6.07) is 66.3. The highest BCUT2D eigenvalue weighted by Gasteiger charge is 2.45. The summed E-state index contributed by atoms with van der Waals surface area (Å²) in [5.41, 5.74) is 3.41. The van der Waals surface area contributed by atoms with E-state index in [1.807, 2.05) is 50.5 Å². The van der Waals surface area contributed by atoms with Crippen molar-refractivity contribution in [1.29, 1.82) is 0 Å². The quantitative estimate of drug-likeness (QED) is 0.0415. The highest BCUT2D eigenvalue weighted by atomic mass is 31.2. The lowest BCUT2D eigenvalue weighted by molar-refractivity contribution is -0.143. The number of carbonyl (C=O) groups excluding carboxylic acids is 1. The number of hydrogen-bond donors (Lipinski definition) is 1. The molecule has 0 aliphatic rings. The molecule has 0 saturated carbocycles. The highest BCUT2D eigenvalue weighted by Crippen LogP contribution is 2.56. The molecule has 1 aromatic heterocycles. The second kappa shape index (κ2) is 22.5. The number of unbranched alkanes of at least 4 members (excludes halogenated alkanes) is 3. The van der Waals surface area contributed by atoms with Crippen molar-refractivity contribution in [3.63, 3.8) is 0 Å². The molecule has 342 valence electrons. The Morgan fingerprint density at radius 2 is 1.27 bits per heavy atom. The van der Waals surface area contributed by atoms with Crippen molar-refractivity contribution in [3.05, 3.63) is 210 Å². The minimum Gasteiger partial charge on any atom is -0.481 e. The largest absolute Gasteiger partial charge is 0.481 e. The molecule has 8 rings (SSSR count). The van der Waals surface area contributed by atoms with Crippen LogP contribution in [-0.4, -0.2) is 61.5 Å². The third-order valence-electron chi connectivity index (χ3n) is 13.3. The van der Waals surface area contributed by atoms with Crippen LogP contribution < -0.4 is 20.7 Å². The Morgan fingerprint density at radius 1 is 0.657 bits per heavy atom. The smallest absolute Gasteiger partial charge is 0.305 e. The number of aryl methyl sites for hydroxylation is 1. The summed E-state index contributed by atoms with van der Waals surface area (Å²) in [5, 5.41) is 20.7. The summed E-state index contributed by atoms with van der Waals surface area (Å²) in [5.74, 6) is -0.103. The van der Waals surface area contributed by atoms with Gasteiger partial charge in [0.15, 0.2) is 0 Å². The number of fused-ring (bicyclic) bond motifs is 2. The van der Waals surface area contributed by atoms with Crippen molar-refractivity contribution >= 4 is 50.8 Å². The van der Waals surface area contributed by atoms with Gasteiger partial charge < -0.3 is 19.5 Å². The van der Waals surface area contributed by atoms with Crippen LogP contribution in [0, 0.1) is 0 Å². The number of nitrogens with zero attached hydrogens (tertiary/aromatic N) is 2. The van der Waals surface area contributed by atoms with Gasteiger partial charge in [-0.3, -0.25) is 4.79 Å². The zero-order valence-electron chi connectivity index (χ0n) is 39.3. The van der Waals surface area contributed by atoms with Crippen LogP contribution in [0.25, 0.3) is 21.7 Å². The van der Waals surface area contributed by atoms with Gasteiger partial charge in [-0.25, -0.2) is 4.98 Å². The van der Waals surface area contributed by atoms with E-state index in [0.717, 1.165) is 83.1 Å². The lowest BCUT2D eigenvalue weighted by atomic mass is 9.70. The molecular formula is C60H64N2O4P+. The first kappa shape index (κ1) is 47.3. The van der Waals surface area contributed by atoms with Gasteiger partial charge in [0.2, 0.25) is 5.88 Å². The number of methoxy groups -OCH3 is 1. The number of rotatable bonds is 22. The molecule has 0 fully saturated rings. The number of ether oxygens (including phenoxy) is 2. The Kier molecular flexibility index (Phi) is 15.9. The van der Waals surface area contributed by atoms with E-state index >= 15 is 0 Å². The van der Waals surface area contributed by atoms with Crippen LogP contribution >= 0.6 is 7.26 Å². The number of benzene rings is 7. The number of esters is 1. The molecule has 0 bridgehead atoms. The maximum Gasteiger partial charge on any atom is 0.305 e. The second-order valence-electron chi connectivity index (χ2n) is 18.0. The van der Waals surface area contributed by atoms with Gasteiger partial charge in [-0.2, -0.15) is 0 Å². The Morgan fingerprint density at radius 3 is 1.91 bits per heavy atom. The minimum absolute atomic E-state index is 0.115. The van der Waals surface area contributed by atoms with Crippen molar-refractivity contribution in [3.8, 4) is 5.88 Å². The first-order valence-corrected chi connectivity index (χ1v) is 25.9. The average molecular weight is 908 g/mol. The monoisotopic (exact) mass is 907 g/mol. The van der Waals surface area contributed by atoms with Crippen LogP contribution in [0.1, 0.15) is 73.1 Å². The van der Waals surface area contributed by atoms with E-state index in [9.17, 15) is 9.90 Å². The van der Waals surface area contributed by atoms with E-state index in [-0.39, 0.29) is 5.97 Å². The number of aromatic nitrogens is 1. The molecule has 1 heterocycles. The summed E-state index contributed by atoms with van der Waals surface area (Å²) < 4.78 is 11.8. The maximum absolute atomic E-state index is 13.4. The van der Waals surface area contributed by atoms with Crippen molar-refractivity contribution in [2.75, 3.05) is 40.5 Å². The number of aliphatic hydroxyl groups is 1. The van der Waals surface area contributed by atoms with E-state index in [1.54, 1.807) is 7.11 Å². The molecule has 6 nitrogen and oxygen atoms in total.